The van der Waals surface area contributed by atoms with E-state index in [9.17, 15) is 22.8 Å². The van der Waals surface area contributed by atoms with Crippen molar-refractivity contribution < 1.29 is 27.5 Å². The lowest BCUT2D eigenvalue weighted by Gasteiger charge is -2.24. The second kappa shape index (κ2) is 11.5. The molecule has 3 N–H and O–H groups in total. The van der Waals surface area contributed by atoms with E-state index in [2.05, 4.69) is 21.6 Å². The third-order valence-corrected chi connectivity index (χ3v) is 9.57. The normalized spacial score (nSPS) is 23.5. The van der Waals surface area contributed by atoms with Gasteiger partial charge in [-0.05, 0) is 63.6 Å². The number of hydrogen-bond donors (Lipinski definition) is 3. The number of rotatable bonds is 9. The molecule has 2 fully saturated rings. The molecule has 2 aliphatic rings. The number of aromatic nitrogens is 1. The molecule has 3 aromatic rings. The Hall–Kier alpha value is -4.12. The summed E-state index contributed by atoms with van der Waals surface area (Å²) in [6.45, 7) is 9.60. The van der Waals surface area contributed by atoms with Gasteiger partial charge in [-0.15, -0.1) is 6.58 Å². The van der Waals surface area contributed by atoms with Crippen molar-refractivity contribution in [1.29, 1.82) is 0 Å². The number of nitrogens with zero attached hydrogens (tertiary/aromatic N) is 1. The first kappa shape index (κ1) is 30.3. The first-order valence-corrected chi connectivity index (χ1v) is 15.9. The van der Waals surface area contributed by atoms with Crippen LogP contribution in [0.4, 0.5) is 4.79 Å². The molecule has 43 heavy (non-hydrogen) atoms. The van der Waals surface area contributed by atoms with Crippen LogP contribution < -0.4 is 10.0 Å². The number of ether oxygens (including phenoxy) is 1. The minimum Gasteiger partial charge on any atom is -0.444 e. The molecule has 2 aromatic carbocycles. The highest BCUT2D eigenvalue weighted by atomic mass is 32.2. The van der Waals surface area contributed by atoms with Crippen LogP contribution >= 0.6 is 0 Å². The number of aryl methyl sites for hydroxylation is 1. The van der Waals surface area contributed by atoms with E-state index in [1.165, 1.54) is 11.0 Å². The predicted molar refractivity (Wildman–Crippen MR) is 162 cm³/mol. The van der Waals surface area contributed by atoms with Gasteiger partial charge in [-0.3, -0.25) is 9.59 Å². The molecule has 5 rings (SSSR count). The van der Waals surface area contributed by atoms with E-state index in [1.54, 1.807) is 51.2 Å². The number of carbonyl (C=O) groups is 3. The number of amides is 3. The highest BCUT2D eigenvalue weighted by molar-refractivity contribution is 7.90. The summed E-state index contributed by atoms with van der Waals surface area (Å²) in [5, 5.41) is 3.57. The summed E-state index contributed by atoms with van der Waals surface area (Å²) < 4.78 is 34.4. The van der Waals surface area contributed by atoms with Crippen molar-refractivity contribution in [1.82, 2.24) is 19.9 Å². The number of carbonyl (C=O) groups excluding carboxylic acids is 3. The number of aromatic amines is 1. The van der Waals surface area contributed by atoms with Crippen molar-refractivity contribution in [2.45, 2.75) is 56.1 Å². The molecular formula is C32H38N4O6S. The predicted octanol–water partition coefficient (Wildman–Crippen LogP) is 4.15. The first-order valence-electron chi connectivity index (χ1n) is 14.4. The third kappa shape index (κ3) is 6.46. The van der Waals surface area contributed by atoms with Gasteiger partial charge < -0.3 is 19.9 Å². The molecule has 0 radical (unpaired) electrons. The van der Waals surface area contributed by atoms with Crippen LogP contribution in [0.1, 0.15) is 39.2 Å². The van der Waals surface area contributed by atoms with E-state index >= 15 is 0 Å². The summed E-state index contributed by atoms with van der Waals surface area (Å²) in [5.74, 6) is -2.48. The van der Waals surface area contributed by atoms with Gasteiger partial charge in [-0.25, -0.2) is 17.9 Å². The molecule has 1 aliphatic heterocycles. The third-order valence-electron chi connectivity index (χ3n) is 8.19. The average Bonchev–Trinajstić information content (AvgIpc) is 3.26. The Morgan fingerprint density at radius 2 is 1.84 bits per heavy atom. The van der Waals surface area contributed by atoms with Crippen molar-refractivity contribution in [3.05, 3.63) is 79.0 Å². The molecule has 3 amide bonds. The molecule has 11 heteroatoms. The summed E-state index contributed by atoms with van der Waals surface area (Å²) in [6.07, 6.45) is 4.24. The molecule has 2 heterocycles. The first-order chi connectivity index (χ1) is 20.3. The zero-order chi connectivity index (χ0) is 31.0. The van der Waals surface area contributed by atoms with Crippen LogP contribution in [0.3, 0.4) is 0 Å². The number of benzene rings is 2. The highest BCUT2D eigenvalue weighted by Gasteiger charge is 2.61. The van der Waals surface area contributed by atoms with Crippen molar-refractivity contribution in [2.75, 3.05) is 13.1 Å². The number of hydrogen-bond acceptors (Lipinski definition) is 6. The summed E-state index contributed by atoms with van der Waals surface area (Å²) in [4.78, 5) is 44.8. The quantitative estimate of drug-likeness (QED) is 0.313. The Bertz CT molecular complexity index is 1640. The zero-order valence-corrected chi connectivity index (χ0v) is 25.4. The Morgan fingerprint density at radius 3 is 2.51 bits per heavy atom. The summed E-state index contributed by atoms with van der Waals surface area (Å²) in [6, 6.07) is 16.4. The van der Waals surface area contributed by atoms with Gasteiger partial charge in [0.15, 0.2) is 0 Å². The lowest BCUT2D eigenvalue weighted by molar-refractivity contribution is -0.132. The maximum absolute atomic E-state index is 13.9. The minimum absolute atomic E-state index is 0.0644. The molecule has 0 spiro atoms. The monoisotopic (exact) mass is 606 g/mol. The Balaban J connectivity index is 1.34. The van der Waals surface area contributed by atoms with Gasteiger partial charge in [0.1, 0.15) is 16.0 Å². The van der Waals surface area contributed by atoms with E-state index in [-0.39, 0.29) is 23.8 Å². The fourth-order valence-electron chi connectivity index (χ4n) is 5.83. The maximum atomic E-state index is 13.9. The van der Waals surface area contributed by atoms with Gasteiger partial charge >= 0.3 is 6.09 Å². The van der Waals surface area contributed by atoms with Crippen LogP contribution in [0.5, 0.6) is 0 Å². The number of para-hydroxylation sites is 1. The van der Waals surface area contributed by atoms with Crippen LogP contribution in [-0.2, 0) is 30.8 Å². The van der Waals surface area contributed by atoms with Crippen LogP contribution in [0.25, 0.3) is 10.9 Å². The van der Waals surface area contributed by atoms with E-state index in [1.807, 2.05) is 30.3 Å². The Labute approximate surface area is 251 Å². The summed E-state index contributed by atoms with van der Waals surface area (Å²) >= 11 is 0. The fraction of sp³-hybridized carbons (Fsp3) is 0.406. The van der Waals surface area contributed by atoms with Gasteiger partial charge in [-0.1, -0.05) is 48.5 Å². The molecule has 1 saturated carbocycles. The zero-order valence-electron chi connectivity index (χ0n) is 24.6. The highest BCUT2D eigenvalue weighted by Crippen LogP contribution is 2.45. The SMILES string of the molecule is C=CC1CC1(NC(=O)[C@H]1CN(C(=O)OC(C)(C)C)C[C@@H]1CCc1ccccc1)C(=O)NS(=O)(=O)c1cccc2cc[nH]c12. The van der Waals surface area contributed by atoms with E-state index in [0.29, 0.717) is 30.3 Å². The van der Waals surface area contributed by atoms with Crippen LogP contribution in [0, 0.1) is 17.8 Å². The number of H-pyrrole nitrogens is 1. The van der Waals surface area contributed by atoms with Gasteiger partial charge in [0.25, 0.3) is 15.9 Å². The molecule has 1 aromatic heterocycles. The number of fused-ring (bicyclic) bond motifs is 1. The standard InChI is InChI=1S/C32H38N4O6S/c1-5-24-18-32(24,29(38)35-43(40,41)26-13-9-12-22-16-17-33-27(22)26)34-28(37)25-20-36(30(39)42-31(2,3)4)19-23(25)15-14-21-10-7-6-8-11-21/h5-13,16-17,23-25,33H,1,14-15,18-20H2,2-4H3,(H,34,37)(H,35,38)/t23-,24?,25-,32?/m0/s1. The molecule has 228 valence electrons. The van der Waals surface area contributed by atoms with Gasteiger partial charge in [0.2, 0.25) is 5.91 Å². The largest absolute Gasteiger partial charge is 0.444 e. The molecule has 4 atom stereocenters. The van der Waals surface area contributed by atoms with Gasteiger partial charge in [0, 0.05) is 30.6 Å². The van der Waals surface area contributed by atoms with E-state index in [0.717, 1.165) is 5.56 Å². The van der Waals surface area contributed by atoms with Gasteiger partial charge in [0.05, 0.1) is 11.4 Å². The summed E-state index contributed by atoms with van der Waals surface area (Å²) in [7, 11) is -4.26. The summed E-state index contributed by atoms with van der Waals surface area (Å²) in [5.41, 5.74) is -0.658. The molecular weight excluding hydrogens is 568 g/mol. The molecule has 10 nitrogen and oxygen atoms in total. The fourth-order valence-corrected chi connectivity index (χ4v) is 7.07. The second-order valence-corrected chi connectivity index (χ2v) is 14.1. The number of nitrogens with one attached hydrogen (secondary N) is 3. The molecule has 0 bridgehead atoms. The van der Waals surface area contributed by atoms with Crippen molar-refractivity contribution in [3.63, 3.8) is 0 Å². The van der Waals surface area contributed by atoms with Crippen molar-refractivity contribution in [2.24, 2.45) is 17.8 Å². The Kier molecular flexibility index (Phi) is 8.13. The van der Waals surface area contributed by atoms with Crippen molar-refractivity contribution >= 4 is 38.8 Å². The number of likely N-dealkylation sites (tertiary alicyclic amines) is 1. The van der Waals surface area contributed by atoms with Crippen LogP contribution in [0.2, 0.25) is 0 Å². The van der Waals surface area contributed by atoms with E-state index < -0.39 is 50.9 Å². The Morgan fingerprint density at radius 1 is 1.09 bits per heavy atom. The second-order valence-electron chi connectivity index (χ2n) is 12.4. The smallest absolute Gasteiger partial charge is 0.410 e. The maximum Gasteiger partial charge on any atom is 0.410 e. The number of sulfonamides is 1. The lowest BCUT2D eigenvalue weighted by Crippen LogP contribution is -2.54. The van der Waals surface area contributed by atoms with Crippen LogP contribution in [-0.4, -0.2) is 60.4 Å². The van der Waals surface area contributed by atoms with E-state index in [4.69, 9.17) is 4.74 Å². The topological polar surface area (TPSA) is 138 Å². The molecule has 2 unspecified atom stereocenters. The minimum atomic E-state index is -4.26. The van der Waals surface area contributed by atoms with Crippen molar-refractivity contribution in [3.8, 4) is 0 Å². The lowest BCUT2D eigenvalue weighted by atomic mass is 9.89. The average molecular weight is 607 g/mol. The molecule has 1 aliphatic carbocycles. The van der Waals surface area contributed by atoms with Crippen LogP contribution in [0.15, 0.2) is 78.3 Å². The van der Waals surface area contributed by atoms with Gasteiger partial charge in [-0.2, -0.15) is 0 Å². The molecule has 1 saturated heterocycles.